The van der Waals surface area contributed by atoms with Crippen molar-refractivity contribution in [3.05, 3.63) is 12.2 Å². The second kappa shape index (κ2) is 15.5. The second-order valence-corrected chi connectivity index (χ2v) is 5.87. The average molecular weight is 327 g/mol. The van der Waals surface area contributed by atoms with E-state index in [4.69, 9.17) is 15.6 Å². The van der Waals surface area contributed by atoms with Crippen LogP contribution in [0.2, 0.25) is 0 Å². The predicted octanol–water partition coefficient (Wildman–Crippen LogP) is 3.67. The molecule has 0 amide bonds. The number of unbranched alkanes of at least 4 members (excludes halogenated alkanes) is 7. The highest BCUT2D eigenvalue weighted by molar-refractivity contribution is 5.79. The molecule has 0 aromatic rings. The Balaban J connectivity index is 3.87. The standard InChI is InChI=1S/C18H33NO4/c1-2-3-4-5-6-7-8-9-10-11-12-16(15-17(20)21)18(22)23-14-13-19/h10-11,16H,2-9,12-15,19H2,1H3,(H,20,21)/b11-10+. The van der Waals surface area contributed by atoms with Crippen molar-refractivity contribution in [2.24, 2.45) is 11.7 Å². The van der Waals surface area contributed by atoms with Gasteiger partial charge in [-0.25, -0.2) is 0 Å². The Morgan fingerprint density at radius 2 is 1.74 bits per heavy atom. The lowest BCUT2D eigenvalue weighted by atomic mass is 10.0. The maximum Gasteiger partial charge on any atom is 0.309 e. The van der Waals surface area contributed by atoms with E-state index in [0.717, 1.165) is 12.8 Å². The van der Waals surface area contributed by atoms with Gasteiger partial charge < -0.3 is 15.6 Å². The summed E-state index contributed by atoms with van der Waals surface area (Å²) in [4.78, 5) is 22.6. The predicted molar refractivity (Wildman–Crippen MR) is 92.1 cm³/mol. The van der Waals surface area contributed by atoms with Crippen molar-refractivity contribution in [2.75, 3.05) is 13.2 Å². The number of nitrogens with two attached hydrogens (primary N) is 1. The van der Waals surface area contributed by atoms with Crippen LogP contribution in [-0.4, -0.2) is 30.2 Å². The van der Waals surface area contributed by atoms with Gasteiger partial charge in [0.1, 0.15) is 6.61 Å². The van der Waals surface area contributed by atoms with Crippen LogP contribution in [0.4, 0.5) is 0 Å². The van der Waals surface area contributed by atoms with Crippen molar-refractivity contribution >= 4 is 11.9 Å². The summed E-state index contributed by atoms with van der Waals surface area (Å²) in [5.41, 5.74) is 5.28. The molecule has 3 N–H and O–H groups in total. The van der Waals surface area contributed by atoms with Crippen LogP contribution < -0.4 is 5.73 Å². The lowest BCUT2D eigenvalue weighted by Gasteiger charge is -2.11. The number of carboxylic acids is 1. The number of aliphatic carboxylic acids is 1. The highest BCUT2D eigenvalue weighted by Gasteiger charge is 2.21. The molecule has 1 unspecified atom stereocenters. The van der Waals surface area contributed by atoms with E-state index in [1.807, 2.05) is 12.2 Å². The fourth-order valence-corrected chi connectivity index (χ4v) is 2.35. The van der Waals surface area contributed by atoms with Gasteiger partial charge in [0.25, 0.3) is 0 Å². The van der Waals surface area contributed by atoms with Gasteiger partial charge in [0.2, 0.25) is 0 Å². The zero-order chi connectivity index (χ0) is 17.3. The maximum absolute atomic E-state index is 11.8. The summed E-state index contributed by atoms with van der Waals surface area (Å²) in [5.74, 6) is -2.08. The molecule has 23 heavy (non-hydrogen) atoms. The first-order chi connectivity index (χ1) is 11.1. The molecule has 5 heteroatoms. The average Bonchev–Trinajstić information content (AvgIpc) is 2.52. The van der Waals surface area contributed by atoms with Gasteiger partial charge >= 0.3 is 11.9 Å². The Hall–Kier alpha value is -1.36. The minimum Gasteiger partial charge on any atom is -0.481 e. The van der Waals surface area contributed by atoms with Gasteiger partial charge in [0.15, 0.2) is 0 Å². The van der Waals surface area contributed by atoms with Crippen LogP contribution in [0, 0.1) is 5.92 Å². The zero-order valence-corrected chi connectivity index (χ0v) is 14.5. The van der Waals surface area contributed by atoms with Gasteiger partial charge in [0.05, 0.1) is 12.3 Å². The van der Waals surface area contributed by atoms with Crippen LogP contribution in [0.25, 0.3) is 0 Å². The van der Waals surface area contributed by atoms with Crippen LogP contribution in [0.3, 0.4) is 0 Å². The van der Waals surface area contributed by atoms with Gasteiger partial charge in [-0.1, -0.05) is 57.6 Å². The normalized spacial score (nSPS) is 12.4. The van der Waals surface area contributed by atoms with E-state index in [9.17, 15) is 9.59 Å². The number of carbonyl (C=O) groups is 2. The fraction of sp³-hybridized carbons (Fsp3) is 0.778. The molecule has 0 aromatic carbocycles. The number of carbonyl (C=O) groups excluding carboxylic acids is 1. The number of hydrogen-bond acceptors (Lipinski definition) is 4. The molecule has 0 saturated carbocycles. The van der Waals surface area contributed by atoms with Gasteiger partial charge in [-0.2, -0.15) is 0 Å². The van der Waals surface area contributed by atoms with Crippen molar-refractivity contribution in [1.82, 2.24) is 0 Å². The molecule has 0 fully saturated rings. The molecule has 0 saturated heterocycles. The van der Waals surface area contributed by atoms with Crippen LogP contribution in [0.15, 0.2) is 12.2 Å². The molecule has 0 aliphatic rings. The Morgan fingerprint density at radius 1 is 1.09 bits per heavy atom. The topological polar surface area (TPSA) is 89.6 Å². The van der Waals surface area contributed by atoms with Gasteiger partial charge in [-0.3, -0.25) is 9.59 Å². The van der Waals surface area contributed by atoms with Crippen molar-refractivity contribution in [2.45, 2.75) is 71.1 Å². The van der Waals surface area contributed by atoms with Gasteiger partial charge in [0, 0.05) is 6.54 Å². The summed E-state index contributed by atoms with van der Waals surface area (Å²) in [5, 5.41) is 8.86. The Bertz CT molecular complexity index is 342. The Labute approximate surface area is 140 Å². The number of esters is 1. The minimum absolute atomic E-state index is 0.136. The zero-order valence-electron chi connectivity index (χ0n) is 14.5. The monoisotopic (exact) mass is 327 g/mol. The summed E-state index contributed by atoms with van der Waals surface area (Å²) < 4.78 is 4.94. The van der Waals surface area contributed by atoms with Crippen LogP contribution in [-0.2, 0) is 14.3 Å². The van der Waals surface area contributed by atoms with Crippen LogP contribution in [0.1, 0.15) is 71.1 Å². The van der Waals surface area contributed by atoms with Crippen LogP contribution in [0.5, 0.6) is 0 Å². The molecule has 0 rings (SSSR count). The van der Waals surface area contributed by atoms with Gasteiger partial charge in [-0.15, -0.1) is 0 Å². The van der Waals surface area contributed by atoms with Gasteiger partial charge in [-0.05, 0) is 19.3 Å². The third kappa shape index (κ3) is 14.0. The number of hydrogen-bond donors (Lipinski definition) is 2. The number of carboxylic acid groups (broad SMARTS) is 1. The molecular formula is C18H33NO4. The minimum atomic E-state index is -0.986. The van der Waals surface area contributed by atoms with Crippen molar-refractivity contribution in [1.29, 1.82) is 0 Å². The molecule has 0 spiro atoms. The van der Waals surface area contributed by atoms with E-state index in [0.29, 0.717) is 6.42 Å². The first-order valence-electron chi connectivity index (χ1n) is 8.85. The molecular weight excluding hydrogens is 294 g/mol. The largest absolute Gasteiger partial charge is 0.481 e. The number of rotatable bonds is 15. The summed E-state index contributed by atoms with van der Waals surface area (Å²) in [6.45, 7) is 2.60. The molecule has 0 heterocycles. The SMILES string of the molecule is CCCCCCCCC/C=C/CC(CC(=O)O)C(=O)OCCN. The van der Waals surface area contributed by atoms with E-state index >= 15 is 0 Å². The Morgan fingerprint density at radius 3 is 2.35 bits per heavy atom. The summed E-state index contributed by atoms with van der Waals surface area (Å²) in [7, 11) is 0. The Kier molecular flexibility index (Phi) is 14.6. The molecule has 134 valence electrons. The van der Waals surface area contributed by atoms with Crippen LogP contribution >= 0.6 is 0 Å². The summed E-state index contributed by atoms with van der Waals surface area (Å²) in [6.07, 6.45) is 14.0. The van der Waals surface area contributed by atoms with E-state index in [-0.39, 0.29) is 19.6 Å². The van der Waals surface area contributed by atoms with Crippen molar-refractivity contribution in [3.8, 4) is 0 Å². The summed E-state index contributed by atoms with van der Waals surface area (Å²) in [6, 6.07) is 0. The lowest BCUT2D eigenvalue weighted by molar-refractivity contribution is -0.152. The number of ether oxygens (including phenoxy) is 1. The summed E-state index contributed by atoms with van der Waals surface area (Å²) >= 11 is 0. The highest BCUT2D eigenvalue weighted by atomic mass is 16.5. The van der Waals surface area contributed by atoms with Crippen molar-refractivity contribution < 1.29 is 19.4 Å². The molecule has 0 aromatic heterocycles. The van der Waals surface area contributed by atoms with E-state index in [2.05, 4.69) is 6.92 Å². The maximum atomic E-state index is 11.8. The molecule has 5 nitrogen and oxygen atoms in total. The quantitative estimate of drug-likeness (QED) is 0.272. The lowest BCUT2D eigenvalue weighted by Crippen LogP contribution is -2.23. The second-order valence-electron chi connectivity index (χ2n) is 5.87. The van der Waals surface area contributed by atoms with E-state index in [1.54, 1.807) is 0 Å². The first-order valence-corrected chi connectivity index (χ1v) is 8.85. The highest BCUT2D eigenvalue weighted by Crippen LogP contribution is 2.13. The van der Waals surface area contributed by atoms with E-state index in [1.165, 1.54) is 38.5 Å². The molecule has 0 bridgehead atoms. The molecule has 0 aliphatic carbocycles. The molecule has 0 radical (unpaired) electrons. The number of allylic oxidation sites excluding steroid dienone is 2. The van der Waals surface area contributed by atoms with Crippen molar-refractivity contribution in [3.63, 3.8) is 0 Å². The molecule has 1 atom stereocenters. The fourth-order valence-electron chi connectivity index (χ4n) is 2.35. The third-order valence-electron chi connectivity index (χ3n) is 3.68. The third-order valence-corrected chi connectivity index (χ3v) is 3.68. The smallest absolute Gasteiger partial charge is 0.309 e. The first kappa shape index (κ1) is 21.6. The molecule has 0 aliphatic heterocycles. The van der Waals surface area contributed by atoms with E-state index < -0.39 is 17.9 Å².